The second-order valence-corrected chi connectivity index (χ2v) is 5.39. The first-order chi connectivity index (χ1) is 10.1. The van der Waals surface area contributed by atoms with Crippen LogP contribution in [0.4, 0.5) is 5.69 Å². The second-order valence-electron chi connectivity index (χ2n) is 4.83. The van der Waals surface area contributed by atoms with Crippen molar-refractivity contribution in [3.63, 3.8) is 0 Å². The molecular weight excluding hydrogens is 298 g/mol. The Balaban J connectivity index is 2.06. The molecular formula is C14H18ClNO5. The first-order valence-corrected chi connectivity index (χ1v) is 7.25. The Kier molecular flexibility index (Phi) is 5.25. The van der Waals surface area contributed by atoms with Gasteiger partial charge in [-0.25, -0.2) is 0 Å². The third-order valence-electron chi connectivity index (χ3n) is 3.33. The maximum atomic E-state index is 11.0. The molecule has 0 heterocycles. The number of halogens is 1. The van der Waals surface area contributed by atoms with Gasteiger partial charge in [-0.2, -0.15) is 0 Å². The van der Waals surface area contributed by atoms with Gasteiger partial charge in [-0.15, -0.1) is 11.6 Å². The molecule has 1 aliphatic rings. The molecule has 21 heavy (non-hydrogen) atoms. The maximum absolute atomic E-state index is 11.0. The van der Waals surface area contributed by atoms with Crippen molar-refractivity contribution in [2.75, 3.05) is 13.7 Å². The third kappa shape index (κ3) is 3.57. The van der Waals surface area contributed by atoms with Crippen molar-refractivity contribution in [1.29, 1.82) is 0 Å². The van der Waals surface area contributed by atoms with E-state index in [1.165, 1.54) is 19.2 Å². The van der Waals surface area contributed by atoms with Crippen molar-refractivity contribution in [3.05, 3.63) is 28.3 Å². The zero-order chi connectivity index (χ0) is 15.4. The summed E-state index contributed by atoms with van der Waals surface area (Å²) in [5, 5.41) is 10.9. The van der Waals surface area contributed by atoms with Crippen LogP contribution in [0.3, 0.4) is 0 Å². The summed E-state index contributed by atoms with van der Waals surface area (Å²) in [4.78, 5) is 10.5. The van der Waals surface area contributed by atoms with Gasteiger partial charge in [-0.1, -0.05) is 6.92 Å². The van der Waals surface area contributed by atoms with Crippen LogP contribution < -0.4 is 9.47 Å². The molecule has 3 unspecified atom stereocenters. The summed E-state index contributed by atoms with van der Waals surface area (Å²) in [5.41, 5.74) is -0.122. The van der Waals surface area contributed by atoms with Crippen molar-refractivity contribution >= 4 is 17.3 Å². The van der Waals surface area contributed by atoms with Crippen LogP contribution in [0.15, 0.2) is 18.2 Å². The highest BCUT2D eigenvalue weighted by Crippen LogP contribution is 2.36. The number of benzene rings is 1. The average Bonchev–Trinajstić information content (AvgIpc) is 2.46. The van der Waals surface area contributed by atoms with Crippen LogP contribution in [0.5, 0.6) is 11.5 Å². The monoisotopic (exact) mass is 315 g/mol. The number of alkyl halides is 1. The summed E-state index contributed by atoms with van der Waals surface area (Å²) in [6, 6.07) is 4.52. The van der Waals surface area contributed by atoms with E-state index in [2.05, 4.69) is 0 Å². The van der Waals surface area contributed by atoms with E-state index in [1.54, 1.807) is 6.07 Å². The lowest BCUT2D eigenvalue weighted by atomic mass is 9.91. The molecule has 2 rings (SSSR count). The van der Waals surface area contributed by atoms with Crippen LogP contribution >= 0.6 is 11.6 Å². The minimum absolute atomic E-state index is 0.0743. The largest absolute Gasteiger partial charge is 0.490 e. The Morgan fingerprint density at radius 1 is 1.48 bits per heavy atom. The molecule has 0 aromatic heterocycles. The van der Waals surface area contributed by atoms with Crippen LogP contribution in [0.2, 0.25) is 0 Å². The smallest absolute Gasteiger partial charge is 0.314 e. The molecule has 1 aromatic carbocycles. The number of nitrogens with zero attached hydrogens (tertiary/aromatic N) is 1. The number of hydrogen-bond acceptors (Lipinski definition) is 5. The molecule has 0 aliphatic heterocycles. The molecule has 1 aromatic rings. The Hall–Kier alpha value is -1.53. The molecule has 0 spiro atoms. The first kappa shape index (κ1) is 15.9. The van der Waals surface area contributed by atoms with Crippen LogP contribution in [-0.2, 0) is 4.74 Å². The second kappa shape index (κ2) is 6.95. The van der Waals surface area contributed by atoms with E-state index in [0.29, 0.717) is 18.8 Å². The molecule has 0 bridgehead atoms. The Morgan fingerprint density at radius 3 is 2.81 bits per heavy atom. The standard InChI is InChI=1S/C14H18ClNO5/c1-3-6-20-14-10(15)8-13(14)21-9-4-5-12(19-2)11(7-9)16(17)18/h4-5,7,10,13-14H,3,6,8H2,1-2H3. The van der Waals surface area contributed by atoms with E-state index in [4.69, 9.17) is 25.8 Å². The molecule has 1 aliphatic carbocycles. The fraction of sp³-hybridized carbons (Fsp3) is 0.571. The van der Waals surface area contributed by atoms with Crippen LogP contribution in [-0.4, -0.2) is 36.2 Å². The lowest BCUT2D eigenvalue weighted by Crippen LogP contribution is -2.52. The Morgan fingerprint density at radius 2 is 2.24 bits per heavy atom. The lowest BCUT2D eigenvalue weighted by molar-refractivity contribution is -0.385. The van der Waals surface area contributed by atoms with E-state index >= 15 is 0 Å². The molecule has 116 valence electrons. The fourth-order valence-electron chi connectivity index (χ4n) is 2.17. The zero-order valence-electron chi connectivity index (χ0n) is 12.0. The molecule has 6 nitrogen and oxygen atoms in total. The Bertz CT molecular complexity index is 510. The van der Waals surface area contributed by atoms with Crippen molar-refractivity contribution in [1.82, 2.24) is 0 Å². The number of methoxy groups -OCH3 is 1. The summed E-state index contributed by atoms with van der Waals surface area (Å²) in [6.07, 6.45) is 1.22. The van der Waals surface area contributed by atoms with Gasteiger partial charge in [-0.05, 0) is 18.6 Å². The highest BCUT2D eigenvalue weighted by Gasteiger charge is 2.42. The van der Waals surface area contributed by atoms with Crippen LogP contribution in [0, 0.1) is 10.1 Å². The predicted octanol–water partition coefficient (Wildman–Crippen LogP) is 3.16. The number of rotatable bonds is 7. The summed E-state index contributed by atoms with van der Waals surface area (Å²) in [5.74, 6) is 0.621. The van der Waals surface area contributed by atoms with Crippen molar-refractivity contribution in [2.45, 2.75) is 37.4 Å². The van der Waals surface area contributed by atoms with E-state index < -0.39 is 4.92 Å². The van der Waals surface area contributed by atoms with Gasteiger partial charge in [-0.3, -0.25) is 10.1 Å². The van der Waals surface area contributed by atoms with Gasteiger partial charge in [0.2, 0.25) is 0 Å². The minimum atomic E-state index is -0.498. The number of nitro benzene ring substituents is 1. The lowest BCUT2D eigenvalue weighted by Gasteiger charge is -2.40. The van der Waals surface area contributed by atoms with Gasteiger partial charge in [0.15, 0.2) is 5.75 Å². The summed E-state index contributed by atoms with van der Waals surface area (Å²) < 4.78 is 16.3. The SMILES string of the molecule is CCCOC1C(Cl)CC1Oc1ccc(OC)c([N+](=O)[O-])c1. The molecule has 0 N–H and O–H groups in total. The van der Waals surface area contributed by atoms with Crippen molar-refractivity contribution in [2.24, 2.45) is 0 Å². The molecule has 1 fully saturated rings. The van der Waals surface area contributed by atoms with E-state index in [9.17, 15) is 10.1 Å². The van der Waals surface area contributed by atoms with Gasteiger partial charge in [0, 0.05) is 13.0 Å². The highest BCUT2D eigenvalue weighted by molar-refractivity contribution is 6.21. The van der Waals surface area contributed by atoms with Crippen molar-refractivity contribution in [3.8, 4) is 11.5 Å². The van der Waals surface area contributed by atoms with E-state index in [0.717, 1.165) is 6.42 Å². The van der Waals surface area contributed by atoms with Gasteiger partial charge in [0.25, 0.3) is 0 Å². The van der Waals surface area contributed by atoms with Crippen molar-refractivity contribution < 1.29 is 19.1 Å². The van der Waals surface area contributed by atoms with Gasteiger partial charge in [0.05, 0.1) is 23.5 Å². The summed E-state index contributed by atoms with van der Waals surface area (Å²) >= 11 is 6.11. The number of hydrogen-bond donors (Lipinski definition) is 0. The molecule has 0 saturated heterocycles. The van der Waals surface area contributed by atoms with E-state index in [1.807, 2.05) is 6.92 Å². The highest BCUT2D eigenvalue weighted by atomic mass is 35.5. The Labute approximate surface area is 128 Å². The topological polar surface area (TPSA) is 70.8 Å². The summed E-state index contributed by atoms with van der Waals surface area (Å²) in [7, 11) is 1.39. The van der Waals surface area contributed by atoms with Crippen LogP contribution in [0.25, 0.3) is 0 Å². The van der Waals surface area contributed by atoms with Gasteiger partial charge >= 0.3 is 5.69 Å². The quantitative estimate of drug-likeness (QED) is 0.439. The normalized spacial score (nSPS) is 24.2. The molecule has 0 amide bonds. The molecule has 7 heteroatoms. The fourth-order valence-corrected chi connectivity index (χ4v) is 2.58. The predicted molar refractivity (Wildman–Crippen MR) is 78.4 cm³/mol. The van der Waals surface area contributed by atoms with Gasteiger partial charge in [0.1, 0.15) is 18.0 Å². The third-order valence-corrected chi connectivity index (χ3v) is 3.76. The molecule has 0 radical (unpaired) electrons. The minimum Gasteiger partial charge on any atom is -0.490 e. The zero-order valence-corrected chi connectivity index (χ0v) is 12.7. The maximum Gasteiger partial charge on any atom is 0.314 e. The van der Waals surface area contributed by atoms with Crippen LogP contribution in [0.1, 0.15) is 19.8 Å². The number of nitro groups is 1. The van der Waals surface area contributed by atoms with Gasteiger partial charge < -0.3 is 14.2 Å². The summed E-state index contributed by atoms with van der Waals surface area (Å²) in [6.45, 7) is 2.64. The molecule has 3 atom stereocenters. The number of ether oxygens (including phenoxy) is 3. The van der Waals surface area contributed by atoms with E-state index in [-0.39, 0.29) is 29.0 Å². The molecule has 1 saturated carbocycles. The average molecular weight is 316 g/mol. The first-order valence-electron chi connectivity index (χ1n) is 6.81.